The maximum absolute atomic E-state index is 6.00. The van der Waals surface area contributed by atoms with Crippen LogP contribution in [-0.4, -0.2) is 55.6 Å². The first-order valence-corrected chi connectivity index (χ1v) is 14.2. The van der Waals surface area contributed by atoms with Gasteiger partial charge in [-0.2, -0.15) is 0 Å². The number of anilines is 1. The maximum Gasteiger partial charge on any atom is 0.238 e. The molecule has 0 bridgehead atoms. The SMILES string of the molecule is C.COC.CSc1ccc(CNCc2ccc3c(n2)OCCN3C2=CC(C3CC3)NC(C3CC3)=C2)cc1.O.O.[HH]. The van der Waals surface area contributed by atoms with Crippen LogP contribution in [0.3, 0.4) is 0 Å². The van der Waals surface area contributed by atoms with Crippen LogP contribution in [0.5, 0.6) is 5.88 Å². The van der Waals surface area contributed by atoms with Crippen LogP contribution in [0.2, 0.25) is 0 Å². The van der Waals surface area contributed by atoms with E-state index in [1.807, 2.05) is 0 Å². The van der Waals surface area contributed by atoms with Crippen molar-refractivity contribution in [2.45, 2.75) is 57.1 Å². The molecule has 8 nitrogen and oxygen atoms in total. The number of nitrogens with one attached hydrogen (secondary N) is 2. The molecular formula is C30H48N4O4S. The molecule has 0 radical (unpaired) electrons. The third kappa shape index (κ3) is 8.46. The van der Waals surface area contributed by atoms with Gasteiger partial charge >= 0.3 is 0 Å². The molecule has 2 aromatic rings. The minimum Gasteiger partial charge on any atom is -0.474 e. The fraction of sp³-hybridized carbons (Fsp3) is 0.500. The highest BCUT2D eigenvalue weighted by atomic mass is 32.2. The van der Waals surface area contributed by atoms with Crippen LogP contribution in [0.15, 0.2) is 64.8 Å². The smallest absolute Gasteiger partial charge is 0.238 e. The summed E-state index contributed by atoms with van der Waals surface area (Å²) in [6.45, 7) is 3.10. The number of hydrogen-bond acceptors (Lipinski definition) is 7. The number of aromatic nitrogens is 1. The van der Waals surface area contributed by atoms with Crippen molar-refractivity contribution >= 4 is 17.4 Å². The lowest BCUT2D eigenvalue weighted by Gasteiger charge is -2.35. The van der Waals surface area contributed by atoms with E-state index in [2.05, 4.69) is 75.1 Å². The normalized spacial score (nSPS) is 19.2. The molecule has 3 heterocycles. The Labute approximate surface area is 239 Å². The Morgan fingerprint density at radius 2 is 1.79 bits per heavy atom. The number of benzene rings is 1. The third-order valence-electron chi connectivity index (χ3n) is 6.98. The summed E-state index contributed by atoms with van der Waals surface area (Å²) in [6.07, 6.45) is 12.3. The molecule has 0 saturated heterocycles. The molecule has 1 aromatic heterocycles. The lowest BCUT2D eigenvalue weighted by Crippen LogP contribution is -2.38. The lowest BCUT2D eigenvalue weighted by atomic mass is 10.0. The van der Waals surface area contributed by atoms with Gasteiger partial charge in [-0.25, -0.2) is 4.98 Å². The van der Waals surface area contributed by atoms with Gasteiger partial charge in [0.05, 0.1) is 12.2 Å². The summed E-state index contributed by atoms with van der Waals surface area (Å²) in [5.74, 6) is 2.29. The number of rotatable bonds is 8. The molecule has 2 aliphatic carbocycles. The molecule has 1 atom stereocenters. The van der Waals surface area contributed by atoms with Gasteiger partial charge < -0.3 is 36.0 Å². The highest BCUT2D eigenvalue weighted by molar-refractivity contribution is 7.98. The van der Waals surface area contributed by atoms with E-state index < -0.39 is 0 Å². The molecule has 2 saturated carbocycles. The predicted molar refractivity (Wildman–Crippen MR) is 163 cm³/mol. The predicted octanol–water partition coefficient (Wildman–Crippen LogP) is 4.35. The highest BCUT2D eigenvalue weighted by Crippen LogP contribution is 2.42. The minimum absolute atomic E-state index is 0. The van der Waals surface area contributed by atoms with Crippen LogP contribution in [0, 0.1) is 11.8 Å². The van der Waals surface area contributed by atoms with Crippen molar-refractivity contribution in [3.63, 3.8) is 0 Å². The van der Waals surface area contributed by atoms with E-state index >= 15 is 0 Å². The molecule has 0 spiro atoms. The molecule has 2 aliphatic heterocycles. The summed E-state index contributed by atoms with van der Waals surface area (Å²) in [5, 5.41) is 7.34. The van der Waals surface area contributed by atoms with Gasteiger partial charge in [-0.05, 0) is 85.8 Å². The molecule has 39 heavy (non-hydrogen) atoms. The number of allylic oxidation sites excluding steroid dienone is 2. The first-order valence-electron chi connectivity index (χ1n) is 13.0. The van der Waals surface area contributed by atoms with Gasteiger partial charge in [0.2, 0.25) is 5.88 Å². The van der Waals surface area contributed by atoms with E-state index in [1.165, 1.54) is 47.5 Å². The highest BCUT2D eigenvalue weighted by Gasteiger charge is 2.37. The number of fused-ring (bicyclic) bond motifs is 1. The summed E-state index contributed by atoms with van der Waals surface area (Å²) in [4.78, 5) is 8.56. The van der Waals surface area contributed by atoms with Crippen LogP contribution in [0.25, 0.3) is 0 Å². The Morgan fingerprint density at radius 1 is 1.08 bits per heavy atom. The van der Waals surface area contributed by atoms with E-state index in [0.29, 0.717) is 12.6 Å². The average molecular weight is 561 g/mol. The van der Waals surface area contributed by atoms with Crippen LogP contribution in [0.1, 0.15) is 45.8 Å². The van der Waals surface area contributed by atoms with E-state index in [4.69, 9.17) is 9.72 Å². The number of nitrogens with zero attached hydrogens (tertiary/aromatic N) is 2. The lowest BCUT2D eigenvalue weighted by molar-refractivity contribution is 0.277. The zero-order valence-corrected chi connectivity index (χ0v) is 23.4. The Bertz CT molecular complexity index is 1110. The quantitative estimate of drug-likeness (QED) is 0.461. The van der Waals surface area contributed by atoms with Crippen molar-refractivity contribution in [3.8, 4) is 5.88 Å². The molecular weight excluding hydrogens is 512 g/mol. The zero-order chi connectivity index (χ0) is 24.9. The maximum atomic E-state index is 6.00. The van der Waals surface area contributed by atoms with Crippen molar-refractivity contribution in [1.29, 1.82) is 0 Å². The Morgan fingerprint density at radius 3 is 2.44 bits per heavy atom. The second kappa shape index (κ2) is 15.3. The Hall–Kier alpha value is -2.56. The molecule has 218 valence electrons. The summed E-state index contributed by atoms with van der Waals surface area (Å²) >= 11 is 1.77. The van der Waals surface area contributed by atoms with Crippen molar-refractivity contribution in [3.05, 3.63) is 71.2 Å². The number of ether oxygens (including phenoxy) is 2. The summed E-state index contributed by atoms with van der Waals surface area (Å²) in [6, 6.07) is 13.5. The monoisotopic (exact) mass is 560 g/mol. The molecule has 6 N–H and O–H groups in total. The second-order valence-corrected chi connectivity index (χ2v) is 10.8. The fourth-order valence-corrected chi connectivity index (χ4v) is 5.16. The summed E-state index contributed by atoms with van der Waals surface area (Å²) < 4.78 is 10.3. The van der Waals surface area contributed by atoms with E-state index in [1.54, 1.807) is 26.0 Å². The van der Waals surface area contributed by atoms with Crippen molar-refractivity contribution < 1.29 is 21.9 Å². The Kier molecular flexibility index (Phi) is 12.8. The molecule has 6 rings (SSSR count). The van der Waals surface area contributed by atoms with Gasteiger partial charge in [0.25, 0.3) is 0 Å². The molecule has 1 unspecified atom stereocenters. The molecule has 4 aliphatic rings. The van der Waals surface area contributed by atoms with Crippen molar-refractivity contribution in [2.24, 2.45) is 11.8 Å². The summed E-state index contributed by atoms with van der Waals surface area (Å²) in [7, 11) is 3.25. The van der Waals surface area contributed by atoms with Crippen molar-refractivity contribution in [2.75, 3.05) is 38.5 Å². The van der Waals surface area contributed by atoms with Crippen LogP contribution >= 0.6 is 11.8 Å². The van der Waals surface area contributed by atoms with E-state index in [9.17, 15) is 0 Å². The Balaban J connectivity index is 0.00000110. The van der Waals surface area contributed by atoms with Gasteiger partial charge in [0.15, 0.2) is 0 Å². The second-order valence-electron chi connectivity index (χ2n) is 9.96. The number of thioether (sulfide) groups is 1. The van der Waals surface area contributed by atoms with Crippen molar-refractivity contribution in [1.82, 2.24) is 15.6 Å². The standard InChI is InChI=1S/C27H32N4OS.C2H6O.CH4.2H2O.H2/c1-33-23-9-2-18(3-10-23)16-28-17-21-8-11-26-27(29-21)32-13-12-31(26)22-14-24(19-4-5-19)30-25(15-22)20-6-7-20;1-3-2;;;;/h2-3,8-11,14-15,19-20,24,28,30H,4-7,12-13,16-17H2,1H3;1-2H3;1H4;2*1H2;1H. The number of dihydropyridines is 1. The number of hydrogen-bond donors (Lipinski definition) is 2. The largest absolute Gasteiger partial charge is 0.474 e. The number of pyridine rings is 1. The van der Waals surface area contributed by atoms with Gasteiger partial charge in [-0.15, -0.1) is 11.8 Å². The van der Waals surface area contributed by atoms with E-state index in [0.717, 1.165) is 48.7 Å². The zero-order valence-electron chi connectivity index (χ0n) is 22.6. The molecule has 0 amide bonds. The fourth-order valence-electron chi connectivity index (χ4n) is 4.76. The van der Waals surface area contributed by atoms with Gasteiger partial charge in [0.1, 0.15) is 12.3 Å². The average Bonchev–Trinajstić information content (AvgIpc) is 3.82. The first-order chi connectivity index (χ1) is 17.7. The first kappa shape index (κ1) is 32.7. The van der Waals surface area contributed by atoms with Gasteiger partial charge in [0, 0.05) is 51.1 Å². The van der Waals surface area contributed by atoms with Gasteiger partial charge in [-0.3, -0.25) is 0 Å². The van der Waals surface area contributed by atoms with Crippen LogP contribution in [-0.2, 0) is 17.8 Å². The topological polar surface area (TPSA) is 122 Å². The minimum atomic E-state index is 0. The molecule has 9 heteroatoms. The van der Waals surface area contributed by atoms with E-state index in [-0.39, 0.29) is 19.8 Å². The molecule has 1 aromatic carbocycles. The third-order valence-corrected chi connectivity index (χ3v) is 7.73. The van der Waals surface area contributed by atoms with Crippen LogP contribution < -0.4 is 20.3 Å². The molecule has 2 fully saturated rings. The van der Waals surface area contributed by atoms with Crippen LogP contribution in [0.4, 0.5) is 5.69 Å². The number of methoxy groups -OCH3 is 1. The van der Waals surface area contributed by atoms with Gasteiger partial charge in [-0.1, -0.05) is 19.6 Å². The summed E-state index contributed by atoms with van der Waals surface area (Å²) in [5.41, 5.74) is 6.15.